The number of halogens is 2. The lowest BCUT2D eigenvalue weighted by atomic mass is 10.3. The van der Waals surface area contributed by atoms with Crippen LogP contribution >= 0.6 is 23.2 Å². The molecule has 2 rings (SSSR count). The summed E-state index contributed by atoms with van der Waals surface area (Å²) in [6.07, 6.45) is 0.343. The summed E-state index contributed by atoms with van der Waals surface area (Å²) in [5.41, 5.74) is 0.566. The smallest absolute Gasteiger partial charge is 0.344 e. The van der Waals surface area contributed by atoms with Crippen LogP contribution in [0.15, 0.2) is 24.5 Å². The number of aromatic nitrogens is 3. The molecule has 19 heavy (non-hydrogen) atoms. The number of aliphatic carboxylic acids is 1. The van der Waals surface area contributed by atoms with Crippen molar-refractivity contribution in [1.82, 2.24) is 14.8 Å². The molecule has 0 aliphatic carbocycles. The van der Waals surface area contributed by atoms with Gasteiger partial charge in [0.2, 0.25) is 0 Å². The molecule has 0 bridgehead atoms. The fourth-order valence-electron chi connectivity index (χ4n) is 1.29. The van der Waals surface area contributed by atoms with Crippen LogP contribution in [0.1, 0.15) is 6.92 Å². The molecule has 0 saturated carbocycles. The van der Waals surface area contributed by atoms with Crippen molar-refractivity contribution in [1.29, 1.82) is 0 Å². The van der Waals surface area contributed by atoms with Gasteiger partial charge in [0.05, 0.1) is 10.7 Å². The fourth-order valence-corrected chi connectivity index (χ4v) is 1.79. The molecule has 1 atom stereocenters. The lowest BCUT2D eigenvalue weighted by Gasteiger charge is -2.05. The van der Waals surface area contributed by atoms with Gasteiger partial charge in [-0.3, -0.25) is 0 Å². The average molecular weight is 302 g/mol. The Balaban J connectivity index is 2.23. The first-order valence-electron chi connectivity index (χ1n) is 5.24. The van der Waals surface area contributed by atoms with Gasteiger partial charge in [0.1, 0.15) is 6.33 Å². The van der Waals surface area contributed by atoms with E-state index in [0.29, 0.717) is 15.7 Å². The van der Waals surface area contributed by atoms with E-state index in [9.17, 15) is 4.79 Å². The van der Waals surface area contributed by atoms with Crippen molar-refractivity contribution < 1.29 is 14.6 Å². The molecule has 0 radical (unpaired) electrons. The number of hydrogen-bond acceptors (Lipinski definition) is 4. The summed E-state index contributed by atoms with van der Waals surface area (Å²) >= 11 is 11.8. The van der Waals surface area contributed by atoms with Gasteiger partial charge in [-0.05, 0) is 25.1 Å². The van der Waals surface area contributed by atoms with E-state index in [4.69, 9.17) is 33.0 Å². The largest absolute Gasteiger partial charge is 0.479 e. The molecule has 100 valence electrons. The van der Waals surface area contributed by atoms with Gasteiger partial charge in [-0.2, -0.15) is 4.98 Å². The van der Waals surface area contributed by atoms with Crippen LogP contribution in [0.2, 0.25) is 10.0 Å². The summed E-state index contributed by atoms with van der Waals surface area (Å²) in [5, 5.41) is 13.6. The maximum atomic E-state index is 10.6. The first-order chi connectivity index (χ1) is 8.97. The topological polar surface area (TPSA) is 77.2 Å². The van der Waals surface area contributed by atoms with E-state index in [2.05, 4.69) is 10.1 Å². The minimum atomic E-state index is -1.10. The number of hydrogen-bond donors (Lipinski definition) is 1. The molecule has 1 aromatic heterocycles. The number of ether oxygens (including phenoxy) is 1. The van der Waals surface area contributed by atoms with Gasteiger partial charge in [0.15, 0.2) is 6.10 Å². The van der Waals surface area contributed by atoms with Crippen molar-refractivity contribution in [2.45, 2.75) is 13.0 Å². The van der Waals surface area contributed by atoms with Crippen molar-refractivity contribution in [3.05, 3.63) is 34.6 Å². The zero-order chi connectivity index (χ0) is 14.0. The van der Waals surface area contributed by atoms with Gasteiger partial charge in [-0.1, -0.05) is 23.2 Å². The molecule has 1 aromatic carbocycles. The summed E-state index contributed by atoms with van der Waals surface area (Å²) in [5.74, 6) is -1.10. The standard InChI is InChI=1S/C11H9Cl2N3O3/c1-6(10(17)18)19-11-14-5-16(15-11)9-3-2-7(12)4-8(9)13/h2-6H,1H3,(H,17,18). The molecule has 0 amide bonds. The second kappa shape index (κ2) is 5.46. The third-order valence-corrected chi connectivity index (χ3v) is 2.80. The Kier molecular flexibility index (Phi) is 3.92. The number of carboxylic acid groups (broad SMARTS) is 1. The van der Waals surface area contributed by atoms with Crippen LogP contribution in [0.5, 0.6) is 6.01 Å². The van der Waals surface area contributed by atoms with Gasteiger partial charge >= 0.3 is 12.0 Å². The van der Waals surface area contributed by atoms with Crippen LogP contribution in [0.25, 0.3) is 5.69 Å². The van der Waals surface area contributed by atoms with Crippen LogP contribution in [-0.4, -0.2) is 31.9 Å². The van der Waals surface area contributed by atoms with E-state index >= 15 is 0 Å². The second-order valence-electron chi connectivity index (χ2n) is 3.67. The molecule has 0 aliphatic rings. The van der Waals surface area contributed by atoms with Crippen LogP contribution in [0.4, 0.5) is 0 Å². The Morgan fingerprint density at radius 1 is 1.47 bits per heavy atom. The van der Waals surface area contributed by atoms with E-state index < -0.39 is 12.1 Å². The second-order valence-corrected chi connectivity index (χ2v) is 4.51. The Hall–Kier alpha value is -1.79. The van der Waals surface area contributed by atoms with Gasteiger partial charge in [0.25, 0.3) is 0 Å². The van der Waals surface area contributed by atoms with Crippen molar-refractivity contribution in [2.75, 3.05) is 0 Å². The van der Waals surface area contributed by atoms with Crippen LogP contribution in [0.3, 0.4) is 0 Å². The van der Waals surface area contributed by atoms with Crippen LogP contribution in [-0.2, 0) is 4.79 Å². The Morgan fingerprint density at radius 2 is 2.21 bits per heavy atom. The number of carbonyl (C=O) groups is 1. The van der Waals surface area contributed by atoms with Gasteiger partial charge < -0.3 is 9.84 Å². The molecule has 1 heterocycles. The van der Waals surface area contributed by atoms with E-state index in [1.54, 1.807) is 18.2 Å². The predicted molar refractivity (Wildman–Crippen MR) is 69.1 cm³/mol. The maximum absolute atomic E-state index is 10.6. The third kappa shape index (κ3) is 3.15. The highest BCUT2D eigenvalue weighted by molar-refractivity contribution is 6.35. The monoisotopic (exact) mass is 301 g/mol. The van der Waals surface area contributed by atoms with Crippen molar-refractivity contribution in [3.63, 3.8) is 0 Å². The SMILES string of the molecule is CC(Oc1ncn(-c2ccc(Cl)cc2Cl)n1)C(=O)O. The fraction of sp³-hybridized carbons (Fsp3) is 0.182. The number of benzene rings is 1. The van der Waals surface area contributed by atoms with E-state index in [0.717, 1.165) is 0 Å². The van der Waals surface area contributed by atoms with E-state index in [1.165, 1.54) is 17.9 Å². The zero-order valence-corrected chi connectivity index (χ0v) is 11.3. The maximum Gasteiger partial charge on any atom is 0.344 e. The highest BCUT2D eigenvalue weighted by Crippen LogP contribution is 2.24. The quantitative estimate of drug-likeness (QED) is 0.938. The average Bonchev–Trinajstić information content (AvgIpc) is 2.77. The summed E-state index contributed by atoms with van der Waals surface area (Å²) in [6, 6.07) is 4.86. The third-order valence-electron chi connectivity index (χ3n) is 2.26. The van der Waals surface area contributed by atoms with E-state index in [-0.39, 0.29) is 6.01 Å². The highest BCUT2D eigenvalue weighted by Gasteiger charge is 2.15. The van der Waals surface area contributed by atoms with Gasteiger partial charge in [0, 0.05) is 5.02 Å². The summed E-state index contributed by atoms with van der Waals surface area (Å²) in [4.78, 5) is 14.5. The minimum absolute atomic E-state index is 0.0408. The number of rotatable bonds is 4. The van der Waals surface area contributed by atoms with Crippen LogP contribution in [0, 0.1) is 0 Å². The normalized spacial score (nSPS) is 12.2. The Morgan fingerprint density at radius 3 is 2.84 bits per heavy atom. The first kappa shape index (κ1) is 13.6. The first-order valence-corrected chi connectivity index (χ1v) is 5.99. The number of nitrogens with zero attached hydrogens (tertiary/aromatic N) is 3. The van der Waals surface area contributed by atoms with Gasteiger partial charge in [-0.15, -0.1) is 5.10 Å². The molecule has 2 aromatic rings. The molecule has 1 unspecified atom stereocenters. The van der Waals surface area contributed by atoms with Gasteiger partial charge in [-0.25, -0.2) is 9.48 Å². The van der Waals surface area contributed by atoms with Crippen molar-refractivity contribution >= 4 is 29.2 Å². The molecule has 6 nitrogen and oxygen atoms in total. The van der Waals surface area contributed by atoms with Crippen molar-refractivity contribution in [2.24, 2.45) is 0 Å². The summed E-state index contributed by atoms with van der Waals surface area (Å²) < 4.78 is 6.41. The molecular formula is C11H9Cl2N3O3. The highest BCUT2D eigenvalue weighted by atomic mass is 35.5. The molecule has 0 saturated heterocycles. The van der Waals surface area contributed by atoms with Crippen molar-refractivity contribution in [3.8, 4) is 11.7 Å². The lowest BCUT2D eigenvalue weighted by Crippen LogP contribution is -2.23. The summed E-state index contributed by atoms with van der Waals surface area (Å²) in [7, 11) is 0. The number of carboxylic acids is 1. The molecule has 1 N–H and O–H groups in total. The van der Waals surface area contributed by atoms with E-state index in [1.807, 2.05) is 0 Å². The Labute approximate surface area is 118 Å². The molecule has 0 aliphatic heterocycles. The zero-order valence-electron chi connectivity index (χ0n) is 9.75. The molecule has 0 spiro atoms. The minimum Gasteiger partial charge on any atom is -0.479 e. The van der Waals surface area contributed by atoms with Crippen LogP contribution < -0.4 is 4.74 Å². The Bertz CT molecular complexity index is 615. The summed E-state index contributed by atoms with van der Waals surface area (Å²) in [6.45, 7) is 1.39. The molecule has 0 fully saturated rings. The lowest BCUT2D eigenvalue weighted by molar-refractivity contribution is -0.144. The molecule has 8 heteroatoms. The molecular weight excluding hydrogens is 293 g/mol. The predicted octanol–water partition coefficient (Wildman–Crippen LogP) is 2.43.